The van der Waals surface area contributed by atoms with Crippen molar-refractivity contribution in [2.75, 3.05) is 6.54 Å². The maximum Gasteiger partial charge on any atom is 0.0484 e. The van der Waals surface area contributed by atoms with Gasteiger partial charge in [-0.15, -0.1) is 0 Å². The summed E-state index contributed by atoms with van der Waals surface area (Å²) in [4.78, 5) is 0. The molecule has 0 aliphatic heterocycles. The molecule has 0 radical (unpaired) electrons. The molecule has 1 saturated carbocycles. The van der Waals surface area contributed by atoms with Crippen LogP contribution in [0.5, 0.6) is 0 Å². The summed E-state index contributed by atoms with van der Waals surface area (Å²) in [6.07, 6.45) is 3.69. The van der Waals surface area contributed by atoms with Gasteiger partial charge in [0.15, 0.2) is 0 Å². The summed E-state index contributed by atoms with van der Waals surface area (Å²) < 4.78 is 0. The van der Waals surface area contributed by atoms with E-state index >= 15 is 0 Å². The van der Waals surface area contributed by atoms with Crippen molar-refractivity contribution in [1.82, 2.24) is 0 Å². The zero-order valence-corrected chi connectivity index (χ0v) is 10.5. The normalized spacial score (nSPS) is 18.0. The van der Waals surface area contributed by atoms with E-state index in [-0.39, 0.29) is 5.41 Å². The van der Waals surface area contributed by atoms with Gasteiger partial charge in [0.25, 0.3) is 0 Å². The second-order valence-corrected chi connectivity index (χ2v) is 5.39. The lowest BCUT2D eigenvalue weighted by molar-refractivity contribution is 0.255. The average Bonchev–Trinajstić information content (AvgIpc) is 2.30. The maximum atomic E-state index is 6.25. The fourth-order valence-corrected chi connectivity index (χ4v) is 3.16. The number of nitrogens with two attached hydrogens (primary N) is 1. The first kappa shape index (κ1) is 11.1. The van der Waals surface area contributed by atoms with Gasteiger partial charge in [-0.25, -0.2) is 0 Å². The molecule has 0 unspecified atom stereocenters. The molecule has 2 aromatic carbocycles. The van der Waals surface area contributed by atoms with Crippen LogP contribution in [0.15, 0.2) is 36.4 Å². The van der Waals surface area contributed by atoms with Crippen molar-refractivity contribution < 1.29 is 0 Å². The molecule has 1 nitrogen and oxygen atoms in total. The molecule has 0 saturated heterocycles. The van der Waals surface area contributed by atoms with Gasteiger partial charge in [-0.2, -0.15) is 0 Å². The van der Waals surface area contributed by atoms with Crippen LogP contribution in [0.25, 0.3) is 10.8 Å². The largest absolute Gasteiger partial charge is 0.330 e. The fraction of sp³-hybridized carbons (Fsp3) is 0.333. The summed E-state index contributed by atoms with van der Waals surface area (Å²) in [5, 5.41) is 3.24. The van der Waals surface area contributed by atoms with E-state index in [0.717, 1.165) is 17.0 Å². The van der Waals surface area contributed by atoms with Crippen LogP contribution in [0.2, 0.25) is 5.02 Å². The number of hydrogen-bond acceptors (Lipinski definition) is 1. The third-order valence-electron chi connectivity index (χ3n) is 4.14. The highest BCUT2D eigenvalue weighted by molar-refractivity contribution is 6.35. The molecule has 0 bridgehead atoms. The minimum Gasteiger partial charge on any atom is -0.330 e. The Bertz CT molecular complexity index is 552. The van der Waals surface area contributed by atoms with E-state index in [2.05, 4.69) is 24.3 Å². The standard InChI is InChI=1S/C15H16ClN/c16-14-7-2-4-11-12(14)5-1-6-13(11)15(10-17)8-3-9-15/h1-2,4-7H,3,8-10,17H2. The van der Waals surface area contributed by atoms with Gasteiger partial charge in [-0.05, 0) is 29.9 Å². The first-order valence-corrected chi connectivity index (χ1v) is 6.52. The smallest absolute Gasteiger partial charge is 0.0484 e. The summed E-state index contributed by atoms with van der Waals surface area (Å²) in [6, 6.07) is 12.5. The minimum absolute atomic E-state index is 0.199. The van der Waals surface area contributed by atoms with E-state index in [1.54, 1.807) is 0 Å². The van der Waals surface area contributed by atoms with Gasteiger partial charge in [0.2, 0.25) is 0 Å². The van der Waals surface area contributed by atoms with Gasteiger partial charge in [0, 0.05) is 22.4 Å². The SMILES string of the molecule is NCC1(c2cccc3c(Cl)cccc23)CCC1. The first-order valence-electron chi connectivity index (χ1n) is 6.15. The third-order valence-corrected chi connectivity index (χ3v) is 4.47. The van der Waals surface area contributed by atoms with Gasteiger partial charge >= 0.3 is 0 Å². The second-order valence-electron chi connectivity index (χ2n) is 4.98. The van der Waals surface area contributed by atoms with Crippen molar-refractivity contribution in [3.63, 3.8) is 0 Å². The monoisotopic (exact) mass is 245 g/mol. The zero-order chi connectivity index (χ0) is 11.9. The molecule has 1 fully saturated rings. The van der Waals surface area contributed by atoms with Crippen molar-refractivity contribution in [1.29, 1.82) is 0 Å². The highest BCUT2D eigenvalue weighted by atomic mass is 35.5. The van der Waals surface area contributed by atoms with Crippen molar-refractivity contribution in [3.05, 3.63) is 47.0 Å². The lowest BCUT2D eigenvalue weighted by Gasteiger charge is -2.42. The van der Waals surface area contributed by atoms with E-state index in [1.165, 1.54) is 30.2 Å². The molecule has 17 heavy (non-hydrogen) atoms. The summed E-state index contributed by atoms with van der Waals surface area (Å²) >= 11 is 6.25. The van der Waals surface area contributed by atoms with Gasteiger partial charge in [0.1, 0.15) is 0 Å². The lowest BCUT2D eigenvalue weighted by atomic mass is 9.63. The predicted molar refractivity (Wildman–Crippen MR) is 73.5 cm³/mol. The molecule has 1 aliphatic carbocycles. The molecular formula is C15H16ClN. The number of rotatable bonds is 2. The second kappa shape index (κ2) is 4.01. The molecule has 2 N–H and O–H groups in total. The summed E-state index contributed by atoms with van der Waals surface area (Å²) in [5.74, 6) is 0. The van der Waals surface area contributed by atoms with E-state index in [9.17, 15) is 0 Å². The molecular weight excluding hydrogens is 230 g/mol. The minimum atomic E-state index is 0.199. The molecule has 0 amide bonds. The molecule has 2 heteroatoms. The van der Waals surface area contributed by atoms with Crippen LogP contribution in [-0.2, 0) is 5.41 Å². The molecule has 0 spiro atoms. The molecule has 0 heterocycles. The van der Waals surface area contributed by atoms with Crippen molar-refractivity contribution in [3.8, 4) is 0 Å². The van der Waals surface area contributed by atoms with E-state index in [4.69, 9.17) is 17.3 Å². The molecule has 0 aromatic heterocycles. The van der Waals surface area contributed by atoms with Crippen LogP contribution in [-0.4, -0.2) is 6.54 Å². The Morgan fingerprint density at radius 1 is 1.06 bits per heavy atom. The highest BCUT2D eigenvalue weighted by Gasteiger charge is 2.38. The molecule has 2 aromatic rings. The number of halogens is 1. The first-order chi connectivity index (χ1) is 8.27. The van der Waals surface area contributed by atoms with E-state index < -0.39 is 0 Å². The van der Waals surface area contributed by atoms with Crippen LogP contribution in [0, 0.1) is 0 Å². The number of benzene rings is 2. The Morgan fingerprint density at radius 2 is 1.76 bits per heavy atom. The van der Waals surface area contributed by atoms with Crippen LogP contribution in [0.3, 0.4) is 0 Å². The van der Waals surface area contributed by atoms with Crippen LogP contribution in [0.4, 0.5) is 0 Å². The molecule has 3 rings (SSSR count). The zero-order valence-electron chi connectivity index (χ0n) is 9.75. The number of fused-ring (bicyclic) bond motifs is 1. The van der Waals surface area contributed by atoms with Crippen molar-refractivity contribution in [2.24, 2.45) is 5.73 Å². The van der Waals surface area contributed by atoms with Crippen molar-refractivity contribution >= 4 is 22.4 Å². The van der Waals surface area contributed by atoms with Crippen LogP contribution >= 0.6 is 11.6 Å². The van der Waals surface area contributed by atoms with E-state index in [0.29, 0.717) is 0 Å². The van der Waals surface area contributed by atoms with Gasteiger partial charge < -0.3 is 5.73 Å². The average molecular weight is 246 g/mol. The Kier molecular flexibility index (Phi) is 2.61. The number of hydrogen-bond donors (Lipinski definition) is 1. The summed E-state index contributed by atoms with van der Waals surface area (Å²) in [5.41, 5.74) is 7.58. The Labute approximate surface area is 107 Å². The summed E-state index contributed by atoms with van der Waals surface area (Å²) in [6.45, 7) is 0.735. The Morgan fingerprint density at radius 3 is 2.41 bits per heavy atom. The summed E-state index contributed by atoms with van der Waals surface area (Å²) in [7, 11) is 0. The van der Waals surface area contributed by atoms with Gasteiger partial charge in [0.05, 0.1) is 0 Å². The topological polar surface area (TPSA) is 26.0 Å². The fourth-order valence-electron chi connectivity index (χ4n) is 2.92. The van der Waals surface area contributed by atoms with E-state index in [1.807, 2.05) is 12.1 Å². The molecule has 0 atom stereocenters. The highest BCUT2D eigenvalue weighted by Crippen LogP contribution is 2.45. The Balaban J connectivity index is 2.26. The Hall–Kier alpha value is -1.05. The quantitative estimate of drug-likeness (QED) is 0.854. The van der Waals surface area contributed by atoms with Crippen LogP contribution in [0.1, 0.15) is 24.8 Å². The third kappa shape index (κ3) is 1.57. The molecule has 88 valence electrons. The van der Waals surface area contributed by atoms with Gasteiger partial charge in [-0.3, -0.25) is 0 Å². The van der Waals surface area contributed by atoms with Crippen LogP contribution < -0.4 is 5.73 Å². The predicted octanol–water partition coefficient (Wildman–Crippen LogP) is 3.87. The van der Waals surface area contributed by atoms with Gasteiger partial charge in [-0.1, -0.05) is 48.4 Å². The maximum absolute atomic E-state index is 6.25. The molecule has 1 aliphatic rings. The lowest BCUT2D eigenvalue weighted by Crippen LogP contribution is -2.41. The van der Waals surface area contributed by atoms with Crippen molar-refractivity contribution in [2.45, 2.75) is 24.7 Å².